The van der Waals surface area contributed by atoms with Crippen LogP contribution in [0.3, 0.4) is 0 Å². The predicted molar refractivity (Wildman–Crippen MR) is 197 cm³/mol. The summed E-state index contributed by atoms with van der Waals surface area (Å²) in [5, 5.41) is 14.5. The lowest BCUT2D eigenvalue weighted by Crippen LogP contribution is -2.41. The molecule has 268 valence electrons. The van der Waals surface area contributed by atoms with Gasteiger partial charge in [-0.15, -0.1) is 0 Å². The minimum Gasteiger partial charge on any atom is -0.481 e. The molecular formula is C39H56N4O6. The molecule has 3 aromatic rings. The number of carbonyl (C=O) groups excluding carboxylic acids is 3. The molecule has 0 bridgehead atoms. The fourth-order valence-corrected chi connectivity index (χ4v) is 4.64. The highest BCUT2D eigenvalue weighted by Crippen LogP contribution is 2.26. The third-order valence-corrected chi connectivity index (χ3v) is 6.84. The van der Waals surface area contributed by atoms with Gasteiger partial charge in [0.1, 0.15) is 12.1 Å². The smallest absolute Gasteiger partial charge is 0.411 e. The Labute approximate surface area is 292 Å². The van der Waals surface area contributed by atoms with Crippen LogP contribution in [0.4, 0.5) is 10.5 Å². The van der Waals surface area contributed by atoms with E-state index in [0.29, 0.717) is 25.8 Å². The SMILES string of the molecule is CC.CC.CCc1cccc(-c2cnc(C(=O)NCCCCCC(=O)O)c(NC(=O)CN(Cc3cccc(C)c3)C(=O)OC(C)(C)C)c2)c1. The number of aromatic nitrogens is 1. The number of unbranched alkanes of at least 4 members (excludes halogenated alkanes) is 2. The minimum absolute atomic E-state index is 0.0341. The van der Waals surface area contributed by atoms with E-state index in [9.17, 15) is 19.2 Å². The number of hydrogen-bond donors (Lipinski definition) is 3. The quantitative estimate of drug-likeness (QED) is 0.146. The number of anilines is 1. The van der Waals surface area contributed by atoms with Gasteiger partial charge in [-0.1, -0.05) is 95.1 Å². The minimum atomic E-state index is -0.850. The molecule has 10 heteroatoms. The van der Waals surface area contributed by atoms with E-state index in [-0.39, 0.29) is 30.9 Å². The fourth-order valence-electron chi connectivity index (χ4n) is 4.64. The third-order valence-electron chi connectivity index (χ3n) is 6.84. The number of ether oxygens (including phenoxy) is 1. The van der Waals surface area contributed by atoms with Gasteiger partial charge in [-0.2, -0.15) is 0 Å². The Morgan fingerprint density at radius 3 is 2.18 bits per heavy atom. The normalized spacial score (nSPS) is 10.4. The molecule has 0 aliphatic carbocycles. The van der Waals surface area contributed by atoms with Crippen LogP contribution in [-0.4, -0.2) is 57.6 Å². The Hall–Kier alpha value is -4.73. The van der Waals surface area contributed by atoms with Crippen molar-refractivity contribution < 1.29 is 29.0 Å². The van der Waals surface area contributed by atoms with Crippen molar-refractivity contribution in [3.63, 3.8) is 0 Å². The summed E-state index contributed by atoms with van der Waals surface area (Å²) in [5.41, 5.74) is 4.08. The van der Waals surface area contributed by atoms with Crippen LogP contribution < -0.4 is 10.6 Å². The summed E-state index contributed by atoms with van der Waals surface area (Å²) in [4.78, 5) is 56.3. The number of pyridine rings is 1. The maximum atomic E-state index is 13.5. The number of rotatable bonds is 14. The van der Waals surface area contributed by atoms with Crippen LogP contribution in [0.15, 0.2) is 60.8 Å². The van der Waals surface area contributed by atoms with Crippen molar-refractivity contribution in [2.75, 3.05) is 18.4 Å². The Kier molecular flexibility index (Phi) is 19.0. The highest BCUT2D eigenvalue weighted by atomic mass is 16.6. The standard InChI is InChI=1S/C35H44N4O6.2C2H6/c1-6-25-13-11-15-27(19-25)28-20-29(32(37-21-28)33(43)36-17-9-7-8-16-31(41)42)38-30(40)23-39(34(44)45-35(3,4)5)22-26-14-10-12-24(2)18-26;2*1-2/h10-15,18-21H,6-9,16-17,22-23H2,1-5H3,(H,36,43)(H,38,40)(H,41,42);2*1-2H3. The van der Waals surface area contributed by atoms with E-state index in [0.717, 1.165) is 34.2 Å². The van der Waals surface area contributed by atoms with Crippen molar-refractivity contribution in [1.82, 2.24) is 15.2 Å². The molecule has 0 saturated heterocycles. The first-order valence-corrected chi connectivity index (χ1v) is 17.3. The molecular weight excluding hydrogens is 620 g/mol. The lowest BCUT2D eigenvalue weighted by molar-refractivity contribution is -0.137. The van der Waals surface area contributed by atoms with Gasteiger partial charge in [0.2, 0.25) is 5.91 Å². The van der Waals surface area contributed by atoms with Crippen LogP contribution in [0, 0.1) is 6.92 Å². The fraction of sp³-hybridized carbons (Fsp3) is 0.462. The number of aliphatic carboxylic acids is 1. The number of carboxylic acid groups (broad SMARTS) is 1. The number of benzene rings is 2. The molecule has 3 amide bonds. The summed E-state index contributed by atoms with van der Waals surface area (Å²) >= 11 is 0. The third kappa shape index (κ3) is 15.8. The van der Waals surface area contributed by atoms with Crippen LogP contribution in [0.2, 0.25) is 0 Å². The molecule has 0 radical (unpaired) electrons. The number of nitrogens with zero attached hydrogens (tertiary/aromatic N) is 2. The summed E-state index contributed by atoms with van der Waals surface area (Å²) in [7, 11) is 0. The zero-order valence-corrected chi connectivity index (χ0v) is 30.8. The number of amides is 3. The van der Waals surface area contributed by atoms with Crippen molar-refractivity contribution in [3.05, 3.63) is 83.2 Å². The Balaban J connectivity index is 0.00000289. The predicted octanol–water partition coefficient (Wildman–Crippen LogP) is 8.42. The van der Waals surface area contributed by atoms with Crippen LogP contribution in [0.1, 0.15) is 108 Å². The topological polar surface area (TPSA) is 138 Å². The van der Waals surface area contributed by atoms with Gasteiger partial charge in [-0.3, -0.25) is 19.3 Å². The zero-order chi connectivity index (χ0) is 37.0. The number of aryl methyl sites for hydroxylation is 2. The van der Waals surface area contributed by atoms with Gasteiger partial charge in [0.05, 0.1) is 5.69 Å². The van der Waals surface area contributed by atoms with E-state index in [2.05, 4.69) is 22.5 Å². The zero-order valence-electron chi connectivity index (χ0n) is 30.8. The Morgan fingerprint density at radius 2 is 1.55 bits per heavy atom. The van der Waals surface area contributed by atoms with E-state index >= 15 is 0 Å². The Bertz CT molecular complexity index is 1500. The maximum absolute atomic E-state index is 13.5. The molecule has 0 aliphatic rings. The molecule has 3 N–H and O–H groups in total. The molecule has 0 spiro atoms. The molecule has 1 aromatic heterocycles. The number of carboxylic acids is 1. The van der Waals surface area contributed by atoms with E-state index in [1.807, 2.05) is 83.1 Å². The van der Waals surface area contributed by atoms with Crippen LogP contribution in [0.25, 0.3) is 11.1 Å². The highest BCUT2D eigenvalue weighted by Gasteiger charge is 2.25. The lowest BCUT2D eigenvalue weighted by Gasteiger charge is -2.27. The summed E-state index contributed by atoms with van der Waals surface area (Å²) in [6.07, 6.45) is 3.66. The molecule has 0 unspecified atom stereocenters. The second-order valence-electron chi connectivity index (χ2n) is 12.0. The Morgan fingerprint density at radius 1 is 0.878 bits per heavy atom. The van der Waals surface area contributed by atoms with Crippen molar-refractivity contribution in [3.8, 4) is 11.1 Å². The summed E-state index contributed by atoms with van der Waals surface area (Å²) < 4.78 is 5.60. The van der Waals surface area contributed by atoms with Gasteiger partial charge >= 0.3 is 12.1 Å². The van der Waals surface area contributed by atoms with Crippen LogP contribution >= 0.6 is 0 Å². The first kappa shape index (κ1) is 42.3. The molecule has 0 aliphatic heterocycles. The van der Waals surface area contributed by atoms with Gasteiger partial charge in [0, 0.05) is 31.3 Å². The molecule has 2 aromatic carbocycles. The second kappa shape index (κ2) is 22.0. The van der Waals surface area contributed by atoms with E-state index in [4.69, 9.17) is 9.84 Å². The van der Waals surface area contributed by atoms with Gasteiger partial charge < -0.3 is 20.5 Å². The largest absolute Gasteiger partial charge is 0.481 e. The molecule has 1 heterocycles. The number of hydrogen-bond acceptors (Lipinski definition) is 6. The number of nitrogens with one attached hydrogen (secondary N) is 2. The summed E-state index contributed by atoms with van der Waals surface area (Å²) in [5.74, 6) is -1.84. The van der Waals surface area contributed by atoms with Crippen LogP contribution in [0.5, 0.6) is 0 Å². The van der Waals surface area contributed by atoms with Crippen molar-refractivity contribution in [2.24, 2.45) is 0 Å². The van der Waals surface area contributed by atoms with Gasteiger partial charge in [0.25, 0.3) is 5.91 Å². The first-order chi connectivity index (χ1) is 23.3. The molecule has 0 saturated carbocycles. The second-order valence-corrected chi connectivity index (χ2v) is 12.0. The summed E-state index contributed by atoms with van der Waals surface area (Å²) in [6, 6.07) is 17.3. The van der Waals surface area contributed by atoms with Gasteiger partial charge in [-0.05, 0) is 69.7 Å². The number of carbonyl (C=O) groups is 4. The van der Waals surface area contributed by atoms with Crippen LogP contribution in [-0.2, 0) is 27.3 Å². The molecule has 49 heavy (non-hydrogen) atoms. The lowest BCUT2D eigenvalue weighted by atomic mass is 10.0. The van der Waals surface area contributed by atoms with E-state index in [1.165, 1.54) is 4.90 Å². The van der Waals surface area contributed by atoms with Gasteiger partial charge in [-0.25, -0.2) is 9.78 Å². The van der Waals surface area contributed by atoms with Gasteiger partial charge in [0.15, 0.2) is 5.69 Å². The van der Waals surface area contributed by atoms with E-state index in [1.54, 1.807) is 33.0 Å². The molecule has 0 atom stereocenters. The van der Waals surface area contributed by atoms with E-state index < -0.39 is 29.5 Å². The van der Waals surface area contributed by atoms with Crippen molar-refractivity contribution in [2.45, 2.75) is 107 Å². The maximum Gasteiger partial charge on any atom is 0.411 e. The van der Waals surface area contributed by atoms with Crippen molar-refractivity contribution >= 4 is 29.6 Å². The monoisotopic (exact) mass is 676 g/mol. The molecule has 0 fully saturated rings. The highest BCUT2D eigenvalue weighted by molar-refractivity contribution is 6.03. The average Bonchev–Trinajstić information content (AvgIpc) is 3.07. The molecule has 3 rings (SSSR count). The summed E-state index contributed by atoms with van der Waals surface area (Å²) in [6.45, 7) is 17.5. The first-order valence-electron chi connectivity index (χ1n) is 17.3. The average molecular weight is 677 g/mol. The molecule has 10 nitrogen and oxygen atoms in total. The van der Waals surface area contributed by atoms with Crippen molar-refractivity contribution in [1.29, 1.82) is 0 Å².